The van der Waals surface area contributed by atoms with Crippen molar-refractivity contribution in [3.8, 4) is 0 Å². The largest absolute Gasteiger partial charge is 0.377 e. The fourth-order valence-corrected chi connectivity index (χ4v) is 4.40. The van der Waals surface area contributed by atoms with Gasteiger partial charge in [0.15, 0.2) is 5.96 Å². The molecule has 148 valence electrons. The van der Waals surface area contributed by atoms with Gasteiger partial charge in [0.25, 0.3) is 0 Å². The van der Waals surface area contributed by atoms with E-state index in [0.29, 0.717) is 18.1 Å². The van der Waals surface area contributed by atoms with Crippen molar-refractivity contribution in [3.05, 3.63) is 17.5 Å². The molecule has 2 heterocycles. The van der Waals surface area contributed by atoms with Gasteiger partial charge in [-0.25, -0.2) is 0 Å². The number of hydrogen-bond donors (Lipinski definition) is 2. The molecule has 0 bridgehead atoms. The molecule has 0 radical (unpaired) electrons. The van der Waals surface area contributed by atoms with E-state index in [1.54, 1.807) is 0 Å². The highest BCUT2D eigenvalue weighted by atomic mass is 127. The summed E-state index contributed by atoms with van der Waals surface area (Å²) in [5.74, 6) is 1.55. The molecule has 3 unspecified atom stereocenters. The molecule has 1 aromatic rings. The van der Waals surface area contributed by atoms with Crippen LogP contribution in [0.25, 0.3) is 0 Å². The average molecular weight is 475 g/mol. The maximum Gasteiger partial charge on any atom is 0.191 e. The van der Waals surface area contributed by atoms with E-state index in [2.05, 4.69) is 54.2 Å². The number of hydrogen-bond acceptors (Lipinski definition) is 3. The Kier molecular flexibility index (Phi) is 7.35. The average Bonchev–Trinajstić information content (AvgIpc) is 3.14. The van der Waals surface area contributed by atoms with Gasteiger partial charge in [0, 0.05) is 49.3 Å². The van der Waals surface area contributed by atoms with Gasteiger partial charge in [0.05, 0.1) is 11.8 Å². The Morgan fingerprint density at radius 1 is 1.42 bits per heavy atom. The number of halogens is 1. The maximum atomic E-state index is 5.89. The second-order valence-corrected chi connectivity index (χ2v) is 7.95. The highest BCUT2D eigenvalue weighted by Gasteiger charge is 2.59. The van der Waals surface area contributed by atoms with E-state index in [0.717, 1.165) is 50.7 Å². The fourth-order valence-electron chi connectivity index (χ4n) is 4.40. The van der Waals surface area contributed by atoms with E-state index in [9.17, 15) is 0 Å². The molecule has 1 aliphatic carbocycles. The van der Waals surface area contributed by atoms with Gasteiger partial charge in [0.2, 0.25) is 0 Å². The molecule has 1 saturated heterocycles. The predicted molar refractivity (Wildman–Crippen MR) is 116 cm³/mol. The van der Waals surface area contributed by atoms with Gasteiger partial charge in [-0.15, -0.1) is 24.0 Å². The highest BCUT2D eigenvalue weighted by Crippen LogP contribution is 2.52. The van der Waals surface area contributed by atoms with Crippen molar-refractivity contribution in [1.29, 1.82) is 0 Å². The summed E-state index contributed by atoms with van der Waals surface area (Å²) in [4.78, 5) is 4.78. The molecule has 3 atom stereocenters. The lowest BCUT2D eigenvalue weighted by atomic mass is 9.57. The summed E-state index contributed by atoms with van der Waals surface area (Å²) in [6, 6.07) is 2.56. The zero-order valence-electron chi connectivity index (χ0n) is 16.7. The molecule has 26 heavy (non-hydrogen) atoms. The van der Waals surface area contributed by atoms with Crippen LogP contribution in [-0.2, 0) is 11.3 Å². The number of nitrogens with zero attached hydrogens (tertiary/aromatic N) is 3. The Morgan fingerprint density at radius 3 is 2.85 bits per heavy atom. The molecule has 7 heteroatoms. The summed E-state index contributed by atoms with van der Waals surface area (Å²) < 4.78 is 7.96. The Hall–Kier alpha value is -0.830. The SMILES string of the molecule is CCNC(=NCCCn1nc(C)cc1C)NC1C2CCOC2C1(C)C.I. The lowest BCUT2D eigenvalue weighted by Crippen LogP contribution is -2.67. The normalized spacial score (nSPS) is 26.7. The number of fused-ring (bicyclic) bond motifs is 1. The summed E-state index contributed by atoms with van der Waals surface area (Å²) in [5.41, 5.74) is 2.47. The van der Waals surface area contributed by atoms with Crippen molar-refractivity contribution in [2.24, 2.45) is 16.3 Å². The lowest BCUT2D eigenvalue weighted by molar-refractivity contribution is -0.106. The van der Waals surface area contributed by atoms with Crippen LogP contribution in [0.4, 0.5) is 0 Å². The Labute approximate surface area is 174 Å². The summed E-state index contributed by atoms with van der Waals surface area (Å²) >= 11 is 0. The van der Waals surface area contributed by atoms with E-state index in [4.69, 9.17) is 9.73 Å². The van der Waals surface area contributed by atoms with Gasteiger partial charge in [-0.2, -0.15) is 5.10 Å². The predicted octanol–water partition coefficient (Wildman–Crippen LogP) is 2.88. The number of nitrogens with one attached hydrogen (secondary N) is 2. The van der Waals surface area contributed by atoms with E-state index in [1.807, 2.05) is 6.92 Å². The molecule has 1 aromatic heterocycles. The minimum Gasteiger partial charge on any atom is -0.377 e. The van der Waals surface area contributed by atoms with Gasteiger partial charge in [-0.1, -0.05) is 13.8 Å². The molecule has 1 saturated carbocycles. The third kappa shape index (κ3) is 4.35. The molecule has 0 aromatic carbocycles. The summed E-state index contributed by atoms with van der Waals surface area (Å²) in [6.07, 6.45) is 2.55. The Bertz CT molecular complexity index is 627. The summed E-state index contributed by atoms with van der Waals surface area (Å²) in [5, 5.41) is 11.6. The number of aryl methyl sites for hydroxylation is 3. The number of rotatable bonds is 6. The monoisotopic (exact) mass is 475 g/mol. The molecule has 2 N–H and O–H groups in total. The quantitative estimate of drug-likeness (QED) is 0.288. The molecule has 1 aliphatic heterocycles. The van der Waals surface area contributed by atoms with E-state index in [-0.39, 0.29) is 29.4 Å². The molecule has 0 spiro atoms. The van der Waals surface area contributed by atoms with Crippen LogP contribution in [0.5, 0.6) is 0 Å². The van der Waals surface area contributed by atoms with Crippen molar-refractivity contribution in [2.45, 2.75) is 66.2 Å². The van der Waals surface area contributed by atoms with Crippen LogP contribution in [0, 0.1) is 25.2 Å². The number of aliphatic imine (C=N–C) groups is 1. The third-order valence-corrected chi connectivity index (χ3v) is 5.64. The zero-order chi connectivity index (χ0) is 18.0. The van der Waals surface area contributed by atoms with Crippen molar-refractivity contribution in [1.82, 2.24) is 20.4 Å². The minimum absolute atomic E-state index is 0. The first-order chi connectivity index (χ1) is 11.9. The second kappa shape index (κ2) is 8.91. The molecule has 2 fully saturated rings. The molecule has 2 aliphatic rings. The van der Waals surface area contributed by atoms with Crippen LogP contribution in [-0.4, -0.2) is 47.6 Å². The van der Waals surface area contributed by atoms with Crippen LogP contribution in [0.15, 0.2) is 11.1 Å². The van der Waals surface area contributed by atoms with Gasteiger partial charge >= 0.3 is 0 Å². The van der Waals surface area contributed by atoms with Crippen molar-refractivity contribution in [3.63, 3.8) is 0 Å². The lowest BCUT2D eigenvalue weighted by Gasteiger charge is -2.54. The van der Waals surface area contributed by atoms with Crippen LogP contribution in [0.2, 0.25) is 0 Å². The second-order valence-electron chi connectivity index (χ2n) is 7.95. The van der Waals surface area contributed by atoms with Crippen molar-refractivity contribution in [2.75, 3.05) is 19.7 Å². The number of guanidine groups is 1. The summed E-state index contributed by atoms with van der Waals surface area (Å²) in [6.45, 7) is 14.3. The first kappa shape index (κ1) is 21.5. The smallest absolute Gasteiger partial charge is 0.191 e. The van der Waals surface area contributed by atoms with E-state index < -0.39 is 0 Å². The maximum absolute atomic E-state index is 5.89. The number of aromatic nitrogens is 2. The topological polar surface area (TPSA) is 63.5 Å². The third-order valence-electron chi connectivity index (χ3n) is 5.64. The molecular weight excluding hydrogens is 441 g/mol. The van der Waals surface area contributed by atoms with E-state index in [1.165, 1.54) is 5.69 Å². The first-order valence-electron chi connectivity index (χ1n) is 9.61. The first-order valence-corrected chi connectivity index (χ1v) is 9.61. The van der Waals surface area contributed by atoms with Gasteiger partial charge < -0.3 is 15.4 Å². The van der Waals surface area contributed by atoms with Crippen LogP contribution in [0.3, 0.4) is 0 Å². The van der Waals surface area contributed by atoms with Gasteiger partial charge in [0.1, 0.15) is 0 Å². The summed E-state index contributed by atoms with van der Waals surface area (Å²) in [7, 11) is 0. The van der Waals surface area contributed by atoms with Crippen LogP contribution in [0.1, 0.15) is 45.0 Å². The van der Waals surface area contributed by atoms with Gasteiger partial charge in [-0.3, -0.25) is 9.67 Å². The highest BCUT2D eigenvalue weighted by molar-refractivity contribution is 14.0. The van der Waals surface area contributed by atoms with Crippen LogP contribution >= 0.6 is 24.0 Å². The fraction of sp³-hybridized carbons (Fsp3) is 0.789. The molecule has 3 rings (SSSR count). The van der Waals surface area contributed by atoms with Crippen molar-refractivity contribution < 1.29 is 4.74 Å². The van der Waals surface area contributed by atoms with Gasteiger partial charge in [-0.05, 0) is 39.7 Å². The van der Waals surface area contributed by atoms with Crippen LogP contribution < -0.4 is 10.6 Å². The van der Waals surface area contributed by atoms with Crippen molar-refractivity contribution >= 4 is 29.9 Å². The molecule has 0 amide bonds. The minimum atomic E-state index is 0. The Morgan fingerprint density at radius 2 is 2.19 bits per heavy atom. The zero-order valence-corrected chi connectivity index (χ0v) is 19.0. The standard InChI is InChI=1S/C19H33N5O.HI/c1-6-20-18(21-9-7-10-24-14(3)12-13(2)23-24)22-16-15-8-11-25-17(15)19(16,4)5;/h12,15-17H,6-11H2,1-5H3,(H2,20,21,22);1H. The number of ether oxygens (including phenoxy) is 1. The van der Waals surface area contributed by atoms with E-state index >= 15 is 0 Å². The Balaban J connectivity index is 0.00000243. The molecule has 6 nitrogen and oxygen atoms in total. The molecular formula is C19H34IN5O.